The van der Waals surface area contributed by atoms with E-state index in [1.165, 1.54) is 0 Å². The number of alkyl halides is 1. The zero-order chi connectivity index (χ0) is 9.56. The zero-order valence-electron chi connectivity index (χ0n) is 7.72. The molecule has 1 atom stereocenters. The second kappa shape index (κ2) is 5.94. The summed E-state index contributed by atoms with van der Waals surface area (Å²) in [6, 6.07) is 0. The van der Waals surface area contributed by atoms with Gasteiger partial charge in [-0.25, -0.2) is 4.39 Å². The first kappa shape index (κ1) is 11.4. The maximum Gasteiger partial charge on any atom is 0.225 e. The third kappa shape index (κ3) is 3.67. The van der Waals surface area contributed by atoms with Crippen LogP contribution < -0.4 is 5.73 Å². The number of amides is 1. The lowest BCUT2D eigenvalue weighted by atomic mass is 10.2. The molecule has 72 valence electrons. The molecule has 0 fully saturated rings. The second-order valence-corrected chi connectivity index (χ2v) is 2.60. The standard InChI is InChI=1S/C8H17FN2O/c1-3-11(4-2)8(12)5-7(9)6-10/h7H,3-6,10H2,1-2H3/t7-/m0/s1. The van der Waals surface area contributed by atoms with Crippen molar-refractivity contribution in [2.45, 2.75) is 26.4 Å². The van der Waals surface area contributed by atoms with Gasteiger partial charge in [-0.2, -0.15) is 0 Å². The molecule has 2 N–H and O–H groups in total. The van der Waals surface area contributed by atoms with Crippen molar-refractivity contribution in [2.75, 3.05) is 19.6 Å². The first-order valence-electron chi connectivity index (χ1n) is 4.27. The molecule has 12 heavy (non-hydrogen) atoms. The third-order valence-corrected chi connectivity index (χ3v) is 1.77. The summed E-state index contributed by atoms with van der Waals surface area (Å²) in [6.45, 7) is 4.93. The summed E-state index contributed by atoms with van der Waals surface area (Å²) in [6.07, 6.45) is -1.28. The fourth-order valence-electron chi connectivity index (χ4n) is 0.978. The van der Waals surface area contributed by atoms with Crippen molar-refractivity contribution in [1.29, 1.82) is 0 Å². The van der Waals surface area contributed by atoms with Crippen LogP contribution in [0, 0.1) is 0 Å². The molecule has 0 heterocycles. The van der Waals surface area contributed by atoms with E-state index in [1.54, 1.807) is 4.90 Å². The first-order valence-corrected chi connectivity index (χ1v) is 4.27. The van der Waals surface area contributed by atoms with Gasteiger partial charge in [-0.1, -0.05) is 0 Å². The Labute approximate surface area is 72.7 Å². The first-order chi connectivity index (χ1) is 5.65. The highest BCUT2D eigenvalue weighted by atomic mass is 19.1. The van der Waals surface area contributed by atoms with Crippen LogP contribution in [0.1, 0.15) is 20.3 Å². The zero-order valence-corrected chi connectivity index (χ0v) is 7.72. The Kier molecular flexibility index (Phi) is 5.62. The summed E-state index contributed by atoms with van der Waals surface area (Å²) in [7, 11) is 0. The molecule has 3 nitrogen and oxygen atoms in total. The number of rotatable bonds is 5. The van der Waals surface area contributed by atoms with Crippen LogP contribution in [0.2, 0.25) is 0 Å². The number of nitrogens with zero attached hydrogens (tertiary/aromatic N) is 1. The SMILES string of the molecule is CCN(CC)C(=O)C[C@H](F)CN. The van der Waals surface area contributed by atoms with E-state index in [0.29, 0.717) is 13.1 Å². The van der Waals surface area contributed by atoms with Crippen molar-refractivity contribution in [3.63, 3.8) is 0 Å². The van der Waals surface area contributed by atoms with E-state index >= 15 is 0 Å². The van der Waals surface area contributed by atoms with Crippen LogP contribution in [0.15, 0.2) is 0 Å². The maximum absolute atomic E-state index is 12.6. The monoisotopic (exact) mass is 176 g/mol. The molecule has 0 rings (SSSR count). The number of hydrogen-bond acceptors (Lipinski definition) is 2. The van der Waals surface area contributed by atoms with E-state index in [2.05, 4.69) is 0 Å². The highest BCUT2D eigenvalue weighted by Crippen LogP contribution is 2.00. The molecule has 0 aromatic rings. The predicted octanol–water partition coefficient (Wildman–Crippen LogP) is 0.542. The van der Waals surface area contributed by atoms with Gasteiger partial charge in [-0.05, 0) is 13.8 Å². The van der Waals surface area contributed by atoms with Crippen LogP contribution in [0.3, 0.4) is 0 Å². The van der Waals surface area contributed by atoms with Gasteiger partial charge in [-0.15, -0.1) is 0 Å². The van der Waals surface area contributed by atoms with E-state index in [-0.39, 0.29) is 18.9 Å². The van der Waals surface area contributed by atoms with E-state index in [9.17, 15) is 9.18 Å². The molecular formula is C8H17FN2O. The number of carbonyl (C=O) groups excluding carboxylic acids is 1. The lowest BCUT2D eigenvalue weighted by Gasteiger charge is -2.19. The average Bonchev–Trinajstić information content (AvgIpc) is 2.06. The number of hydrogen-bond donors (Lipinski definition) is 1. The highest BCUT2D eigenvalue weighted by Gasteiger charge is 2.14. The third-order valence-electron chi connectivity index (χ3n) is 1.77. The minimum absolute atomic E-state index is 0.0764. The fourth-order valence-corrected chi connectivity index (χ4v) is 0.978. The molecular weight excluding hydrogens is 159 g/mol. The van der Waals surface area contributed by atoms with E-state index in [0.717, 1.165) is 0 Å². The molecule has 0 unspecified atom stereocenters. The summed E-state index contributed by atoms with van der Waals surface area (Å²) < 4.78 is 12.6. The molecule has 0 spiro atoms. The van der Waals surface area contributed by atoms with Gasteiger partial charge in [-0.3, -0.25) is 4.79 Å². The Bertz CT molecular complexity index is 137. The largest absolute Gasteiger partial charge is 0.343 e. The normalized spacial score (nSPS) is 12.7. The molecule has 0 bridgehead atoms. The van der Waals surface area contributed by atoms with Crippen LogP contribution in [-0.4, -0.2) is 36.6 Å². The summed E-state index contributed by atoms with van der Waals surface area (Å²) in [4.78, 5) is 12.8. The molecule has 1 amide bonds. The maximum atomic E-state index is 12.6. The summed E-state index contributed by atoms with van der Waals surface area (Å²) in [5.74, 6) is -0.155. The van der Waals surface area contributed by atoms with Crippen LogP contribution in [-0.2, 0) is 4.79 Å². The van der Waals surface area contributed by atoms with Gasteiger partial charge in [0.1, 0.15) is 6.17 Å². The van der Waals surface area contributed by atoms with Crippen molar-refractivity contribution >= 4 is 5.91 Å². The van der Waals surface area contributed by atoms with Gasteiger partial charge >= 0.3 is 0 Å². The van der Waals surface area contributed by atoms with Crippen LogP contribution in [0.25, 0.3) is 0 Å². The van der Waals surface area contributed by atoms with Gasteiger partial charge in [0.15, 0.2) is 0 Å². The van der Waals surface area contributed by atoms with Gasteiger partial charge in [0.2, 0.25) is 5.91 Å². The molecule has 0 aromatic carbocycles. The van der Waals surface area contributed by atoms with Crippen LogP contribution in [0.4, 0.5) is 4.39 Å². The van der Waals surface area contributed by atoms with Crippen molar-refractivity contribution in [2.24, 2.45) is 5.73 Å². The Balaban J connectivity index is 3.84. The van der Waals surface area contributed by atoms with E-state index < -0.39 is 6.17 Å². The van der Waals surface area contributed by atoms with Crippen molar-refractivity contribution in [1.82, 2.24) is 4.90 Å². The number of nitrogens with two attached hydrogens (primary N) is 1. The van der Waals surface area contributed by atoms with Gasteiger partial charge in [0.05, 0.1) is 6.42 Å². The molecule has 0 aliphatic heterocycles. The molecule has 0 saturated carbocycles. The topological polar surface area (TPSA) is 46.3 Å². The van der Waals surface area contributed by atoms with Gasteiger partial charge in [0, 0.05) is 19.6 Å². The average molecular weight is 176 g/mol. The number of halogens is 1. The quantitative estimate of drug-likeness (QED) is 0.664. The van der Waals surface area contributed by atoms with Crippen LogP contribution >= 0.6 is 0 Å². The minimum atomic E-state index is -1.20. The van der Waals surface area contributed by atoms with Crippen molar-refractivity contribution < 1.29 is 9.18 Å². The van der Waals surface area contributed by atoms with E-state index in [4.69, 9.17) is 5.73 Å². The molecule has 4 heteroatoms. The molecule has 0 radical (unpaired) electrons. The lowest BCUT2D eigenvalue weighted by Crippen LogP contribution is -2.33. The minimum Gasteiger partial charge on any atom is -0.343 e. The molecule has 0 saturated heterocycles. The predicted molar refractivity (Wildman–Crippen MR) is 46.5 cm³/mol. The second-order valence-electron chi connectivity index (χ2n) is 2.60. The lowest BCUT2D eigenvalue weighted by molar-refractivity contribution is -0.131. The Hall–Kier alpha value is -0.640. The van der Waals surface area contributed by atoms with E-state index in [1.807, 2.05) is 13.8 Å². The smallest absolute Gasteiger partial charge is 0.225 e. The summed E-state index contributed by atoms with van der Waals surface area (Å²) >= 11 is 0. The summed E-state index contributed by atoms with van der Waals surface area (Å²) in [5.41, 5.74) is 5.06. The Morgan fingerprint density at radius 2 is 2.00 bits per heavy atom. The molecule has 0 aliphatic carbocycles. The van der Waals surface area contributed by atoms with Gasteiger partial charge < -0.3 is 10.6 Å². The van der Waals surface area contributed by atoms with Gasteiger partial charge in [0.25, 0.3) is 0 Å². The molecule has 0 aromatic heterocycles. The fraction of sp³-hybridized carbons (Fsp3) is 0.875. The summed E-state index contributed by atoms with van der Waals surface area (Å²) in [5, 5.41) is 0. The van der Waals surface area contributed by atoms with Crippen molar-refractivity contribution in [3.8, 4) is 0 Å². The highest BCUT2D eigenvalue weighted by molar-refractivity contribution is 5.76. The molecule has 0 aliphatic rings. The van der Waals surface area contributed by atoms with Crippen molar-refractivity contribution in [3.05, 3.63) is 0 Å². The number of carbonyl (C=O) groups is 1. The van der Waals surface area contributed by atoms with Crippen LogP contribution in [0.5, 0.6) is 0 Å². The Morgan fingerprint density at radius 3 is 2.33 bits per heavy atom. The Morgan fingerprint density at radius 1 is 1.50 bits per heavy atom.